The third kappa shape index (κ3) is 4.42. The van der Waals surface area contributed by atoms with Crippen LogP contribution >= 0.6 is 11.3 Å². The number of aromatic nitrogens is 1. The fraction of sp³-hybridized carbons (Fsp3) is 0.474. The van der Waals surface area contributed by atoms with Crippen molar-refractivity contribution >= 4 is 17.2 Å². The van der Waals surface area contributed by atoms with Crippen LogP contribution < -0.4 is 5.32 Å². The van der Waals surface area contributed by atoms with Gasteiger partial charge in [-0.1, -0.05) is 43.2 Å². The summed E-state index contributed by atoms with van der Waals surface area (Å²) in [4.78, 5) is 16.9. The molecule has 2 aromatic rings. The molecule has 1 aromatic heterocycles. The van der Waals surface area contributed by atoms with Gasteiger partial charge in [0.05, 0.1) is 6.61 Å². The summed E-state index contributed by atoms with van der Waals surface area (Å²) in [6.07, 6.45) is 5.68. The van der Waals surface area contributed by atoms with E-state index in [-0.39, 0.29) is 11.9 Å². The number of carbonyl (C=O) groups excluding carboxylic acids is 1. The number of nitrogens with zero attached hydrogens (tertiary/aromatic N) is 1. The van der Waals surface area contributed by atoms with Crippen LogP contribution in [0.5, 0.6) is 0 Å². The highest BCUT2D eigenvalue weighted by Crippen LogP contribution is 2.28. The van der Waals surface area contributed by atoms with Gasteiger partial charge in [-0.05, 0) is 30.7 Å². The minimum atomic E-state index is -0.0569. The minimum absolute atomic E-state index is 0.0569. The Labute approximate surface area is 147 Å². The SMILES string of the molecule is COCc1nc(C(=O)NC2CCCCC2Cc2ccccc2)cs1. The average molecular weight is 344 g/mol. The highest BCUT2D eigenvalue weighted by atomic mass is 32.1. The topological polar surface area (TPSA) is 51.2 Å². The molecule has 1 heterocycles. The molecule has 1 amide bonds. The van der Waals surface area contributed by atoms with Crippen molar-refractivity contribution in [2.45, 2.75) is 44.8 Å². The minimum Gasteiger partial charge on any atom is -0.378 e. The van der Waals surface area contributed by atoms with Crippen molar-refractivity contribution in [3.05, 3.63) is 52.0 Å². The van der Waals surface area contributed by atoms with Crippen molar-refractivity contribution in [3.8, 4) is 0 Å². The number of thiazole rings is 1. The number of nitrogens with one attached hydrogen (secondary N) is 1. The van der Waals surface area contributed by atoms with Crippen molar-refractivity contribution in [2.24, 2.45) is 5.92 Å². The lowest BCUT2D eigenvalue weighted by Crippen LogP contribution is -2.43. The lowest BCUT2D eigenvalue weighted by atomic mass is 9.80. The number of ether oxygens (including phenoxy) is 1. The Morgan fingerprint density at radius 3 is 2.88 bits per heavy atom. The van der Waals surface area contributed by atoms with E-state index in [4.69, 9.17) is 4.74 Å². The van der Waals surface area contributed by atoms with Crippen LogP contribution in [-0.4, -0.2) is 24.0 Å². The molecule has 1 aliphatic rings. The van der Waals surface area contributed by atoms with Gasteiger partial charge >= 0.3 is 0 Å². The third-order valence-corrected chi connectivity index (χ3v) is 5.44. The van der Waals surface area contributed by atoms with Crippen LogP contribution in [0.4, 0.5) is 0 Å². The summed E-state index contributed by atoms with van der Waals surface area (Å²) in [6.45, 7) is 0.456. The Balaban J connectivity index is 1.63. The molecular weight excluding hydrogens is 320 g/mol. The summed E-state index contributed by atoms with van der Waals surface area (Å²) in [5, 5.41) is 5.88. The van der Waals surface area contributed by atoms with Gasteiger partial charge in [0.15, 0.2) is 0 Å². The lowest BCUT2D eigenvalue weighted by Gasteiger charge is -2.32. The molecule has 3 rings (SSSR count). The second-order valence-corrected chi connectivity index (χ2v) is 7.32. The fourth-order valence-electron chi connectivity index (χ4n) is 3.41. The number of hydrogen-bond acceptors (Lipinski definition) is 4. The van der Waals surface area contributed by atoms with Gasteiger partial charge in [0.1, 0.15) is 10.7 Å². The van der Waals surface area contributed by atoms with E-state index in [1.807, 2.05) is 11.4 Å². The Bertz CT molecular complexity index is 656. The molecule has 24 heavy (non-hydrogen) atoms. The molecule has 1 saturated carbocycles. The highest BCUT2D eigenvalue weighted by Gasteiger charge is 2.27. The van der Waals surface area contributed by atoms with E-state index in [9.17, 15) is 4.79 Å². The normalized spacial score (nSPS) is 20.7. The molecule has 1 fully saturated rings. The molecule has 0 saturated heterocycles. The number of methoxy groups -OCH3 is 1. The quantitative estimate of drug-likeness (QED) is 0.867. The van der Waals surface area contributed by atoms with E-state index in [1.165, 1.54) is 36.2 Å². The first-order valence-corrected chi connectivity index (χ1v) is 9.42. The highest BCUT2D eigenvalue weighted by molar-refractivity contribution is 7.09. The molecule has 1 N–H and O–H groups in total. The summed E-state index contributed by atoms with van der Waals surface area (Å²) in [7, 11) is 1.64. The lowest BCUT2D eigenvalue weighted by molar-refractivity contribution is 0.0900. The maximum Gasteiger partial charge on any atom is 0.270 e. The Morgan fingerprint density at radius 1 is 1.29 bits per heavy atom. The predicted octanol–water partition coefficient (Wildman–Crippen LogP) is 3.82. The van der Waals surface area contributed by atoms with Crippen LogP contribution in [-0.2, 0) is 17.8 Å². The van der Waals surface area contributed by atoms with Gasteiger partial charge in [-0.2, -0.15) is 0 Å². The third-order valence-electron chi connectivity index (χ3n) is 4.62. The second kappa shape index (κ2) is 8.40. The molecule has 2 atom stereocenters. The van der Waals surface area contributed by atoms with E-state index in [0.29, 0.717) is 18.2 Å². The van der Waals surface area contributed by atoms with Gasteiger partial charge in [-0.3, -0.25) is 4.79 Å². The Morgan fingerprint density at radius 2 is 2.08 bits per heavy atom. The monoisotopic (exact) mass is 344 g/mol. The molecule has 1 aliphatic carbocycles. The maximum absolute atomic E-state index is 12.5. The summed E-state index contributed by atoms with van der Waals surface area (Å²) < 4.78 is 5.07. The molecule has 5 heteroatoms. The zero-order valence-electron chi connectivity index (χ0n) is 14.0. The van der Waals surface area contributed by atoms with Gasteiger partial charge in [0, 0.05) is 18.5 Å². The van der Waals surface area contributed by atoms with Crippen LogP contribution in [0.2, 0.25) is 0 Å². The summed E-state index contributed by atoms with van der Waals surface area (Å²) in [5.74, 6) is 0.445. The first-order valence-electron chi connectivity index (χ1n) is 8.54. The Kier molecular flexibility index (Phi) is 5.99. The number of hydrogen-bond donors (Lipinski definition) is 1. The van der Waals surface area contributed by atoms with Crippen molar-refractivity contribution in [3.63, 3.8) is 0 Å². The predicted molar refractivity (Wildman–Crippen MR) is 96.2 cm³/mol. The number of amides is 1. The van der Waals surface area contributed by atoms with Crippen LogP contribution in [0.1, 0.15) is 46.7 Å². The molecule has 4 nitrogen and oxygen atoms in total. The maximum atomic E-state index is 12.5. The molecule has 0 spiro atoms. The van der Waals surface area contributed by atoms with Gasteiger partial charge in [0.2, 0.25) is 0 Å². The summed E-state index contributed by atoms with van der Waals surface area (Å²) >= 11 is 1.47. The van der Waals surface area contributed by atoms with E-state index >= 15 is 0 Å². The molecular formula is C19H24N2O2S. The van der Waals surface area contributed by atoms with Crippen molar-refractivity contribution in [2.75, 3.05) is 7.11 Å². The van der Waals surface area contributed by atoms with Gasteiger partial charge in [-0.25, -0.2) is 4.98 Å². The van der Waals surface area contributed by atoms with E-state index in [2.05, 4.69) is 34.6 Å². The van der Waals surface area contributed by atoms with E-state index in [1.54, 1.807) is 7.11 Å². The first kappa shape index (κ1) is 17.1. The number of benzene rings is 1. The van der Waals surface area contributed by atoms with Gasteiger partial charge < -0.3 is 10.1 Å². The number of carbonyl (C=O) groups is 1. The summed E-state index contributed by atoms with van der Waals surface area (Å²) in [6, 6.07) is 10.8. The standard InChI is InChI=1S/C19H24N2O2S/c1-23-12-18-20-17(13-24-18)19(22)21-16-10-6-5-9-15(16)11-14-7-3-2-4-8-14/h2-4,7-8,13,15-16H,5-6,9-12H2,1H3,(H,21,22). The molecule has 0 radical (unpaired) electrons. The van der Waals surface area contributed by atoms with Crippen LogP contribution in [0.15, 0.2) is 35.7 Å². The van der Waals surface area contributed by atoms with Gasteiger partial charge in [0.25, 0.3) is 5.91 Å². The first-order chi connectivity index (χ1) is 11.8. The molecule has 0 aliphatic heterocycles. The second-order valence-electron chi connectivity index (χ2n) is 6.37. The fourth-order valence-corrected chi connectivity index (χ4v) is 4.15. The molecule has 2 unspecified atom stereocenters. The largest absolute Gasteiger partial charge is 0.378 e. The molecule has 1 aromatic carbocycles. The van der Waals surface area contributed by atoms with Crippen molar-refractivity contribution in [1.82, 2.24) is 10.3 Å². The molecule has 0 bridgehead atoms. The van der Waals surface area contributed by atoms with E-state index in [0.717, 1.165) is 17.8 Å². The van der Waals surface area contributed by atoms with Crippen molar-refractivity contribution < 1.29 is 9.53 Å². The summed E-state index contributed by atoms with van der Waals surface area (Å²) in [5.41, 5.74) is 1.86. The zero-order valence-corrected chi connectivity index (χ0v) is 14.8. The number of rotatable bonds is 6. The van der Waals surface area contributed by atoms with Crippen LogP contribution in [0, 0.1) is 5.92 Å². The molecule has 128 valence electrons. The van der Waals surface area contributed by atoms with Crippen molar-refractivity contribution in [1.29, 1.82) is 0 Å². The average Bonchev–Trinajstić information content (AvgIpc) is 3.07. The zero-order chi connectivity index (χ0) is 16.8. The smallest absolute Gasteiger partial charge is 0.270 e. The van der Waals surface area contributed by atoms with Crippen LogP contribution in [0.3, 0.4) is 0 Å². The van der Waals surface area contributed by atoms with Gasteiger partial charge in [-0.15, -0.1) is 11.3 Å². The Hall–Kier alpha value is -1.72. The van der Waals surface area contributed by atoms with E-state index < -0.39 is 0 Å². The van der Waals surface area contributed by atoms with Crippen LogP contribution in [0.25, 0.3) is 0 Å².